The number of sulfonamides is 1. The van der Waals surface area contributed by atoms with Crippen molar-refractivity contribution in [3.8, 4) is 11.5 Å². The number of halogens is 5. The second kappa shape index (κ2) is 15.2. The number of aryl methyl sites for hydroxylation is 1. The minimum absolute atomic E-state index is 0.0711. The lowest BCUT2D eigenvalue weighted by molar-refractivity contribution is -0.137. The van der Waals surface area contributed by atoms with E-state index in [1.54, 1.807) is 36.4 Å². The Labute approximate surface area is 300 Å². The zero-order valence-electron chi connectivity index (χ0n) is 28.0. The number of hydrogen-bond acceptors (Lipinski definition) is 8. The van der Waals surface area contributed by atoms with E-state index in [0.717, 1.165) is 23.2 Å². The van der Waals surface area contributed by atoms with Crippen LogP contribution in [0.3, 0.4) is 0 Å². The van der Waals surface area contributed by atoms with Crippen molar-refractivity contribution in [2.45, 2.75) is 48.8 Å². The molecule has 1 aliphatic rings. The van der Waals surface area contributed by atoms with Crippen molar-refractivity contribution in [3.05, 3.63) is 99.9 Å². The van der Waals surface area contributed by atoms with Gasteiger partial charge in [0.05, 0.1) is 36.4 Å². The monoisotopic (exact) mass is 751 g/mol. The molecule has 50 heavy (non-hydrogen) atoms. The van der Waals surface area contributed by atoms with E-state index in [2.05, 4.69) is 19.8 Å². The Kier molecular flexibility index (Phi) is 11.4. The quantitative estimate of drug-likeness (QED) is 0.145. The van der Waals surface area contributed by atoms with Crippen molar-refractivity contribution in [1.29, 1.82) is 0 Å². The highest BCUT2D eigenvalue weighted by atomic mass is 35.5. The normalized spacial score (nSPS) is 16.8. The summed E-state index contributed by atoms with van der Waals surface area (Å²) in [6.45, 7) is 1.02. The van der Waals surface area contributed by atoms with Crippen LogP contribution in [-0.2, 0) is 29.2 Å². The second-order valence-electron chi connectivity index (χ2n) is 12.3. The largest absolute Gasteiger partial charge is 0.497 e. The fraction of sp³-hybridized carbons (Fsp3) is 0.371. The maximum Gasteiger partial charge on any atom is 0.416 e. The number of nitrogens with zero attached hydrogens (tertiary/aromatic N) is 5. The van der Waals surface area contributed by atoms with E-state index >= 15 is 0 Å². The van der Waals surface area contributed by atoms with Crippen LogP contribution < -0.4 is 18.7 Å². The second-order valence-corrected chi connectivity index (χ2v) is 15.0. The third-order valence-electron chi connectivity index (χ3n) is 9.16. The highest BCUT2D eigenvalue weighted by molar-refractivity contribution is 7.93. The lowest BCUT2D eigenvalue weighted by Crippen LogP contribution is -2.56. The molecule has 0 bridgehead atoms. The van der Waals surface area contributed by atoms with Crippen molar-refractivity contribution in [2.75, 3.05) is 50.6 Å². The van der Waals surface area contributed by atoms with E-state index < -0.39 is 21.8 Å². The van der Waals surface area contributed by atoms with E-state index in [1.165, 1.54) is 44.9 Å². The molecule has 15 heteroatoms. The Hall–Kier alpha value is -3.78. The van der Waals surface area contributed by atoms with Crippen LogP contribution >= 0.6 is 23.2 Å². The lowest BCUT2D eigenvalue weighted by Gasteiger charge is -2.48. The van der Waals surface area contributed by atoms with Gasteiger partial charge in [0, 0.05) is 48.2 Å². The highest BCUT2D eigenvalue weighted by Crippen LogP contribution is 2.41. The number of benzene rings is 3. The molecule has 0 aliphatic carbocycles. The molecule has 9 nitrogen and oxygen atoms in total. The molecule has 0 radical (unpaired) electrons. The fourth-order valence-corrected chi connectivity index (χ4v) is 8.90. The van der Waals surface area contributed by atoms with E-state index in [-0.39, 0.29) is 32.8 Å². The number of aromatic nitrogens is 2. The minimum Gasteiger partial charge on any atom is -0.497 e. The molecule has 0 N–H and O–H groups in total. The highest BCUT2D eigenvalue weighted by Gasteiger charge is 2.39. The predicted molar refractivity (Wildman–Crippen MR) is 189 cm³/mol. The van der Waals surface area contributed by atoms with Gasteiger partial charge in [-0.25, -0.2) is 22.7 Å². The van der Waals surface area contributed by atoms with E-state index in [9.17, 15) is 21.6 Å². The van der Waals surface area contributed by atoms with Gasteiger partial charge in [0.1, 0.15) is 28.5 Å². The number of hydrogen-bond donors (Lipinski definition) is 0. The molecule has 0 unspecified atom stereocenters. The lowest BCUT2D eigenvalue weighted by atomic mass is 9.82. The fourth-order valence-electron chi connectivity index (χ4n) is 6.35. The van der Waals surface area contributed by atoms with Crippen LogP contribution in [0.1, 0.15) is 36.0 Å². The van der Waals surface area contributed by atoms with Gasteiger partial charge in [0.15, 0.2) is 0 Å². The van der Waals surface area contributed by atoms with Crippen LogP contribution in [-0.4, -0.2) is 70.2 Å². The smallest absolute Gasteiger partial charge is 0.416 e. The summed E-state index contributed by atoms with van der Waals surface area (Å²) < 4.78 is 80.9. The molecule has 1 atom stereocenters. The SMILES string of the molecule is COc1ccc(CN(c2ccncn2)S(=O)(=O)c2c(Cl)cc(N3CCC[C@@](CCc4cccc(C(F)(F)F)c4)(N(C)C)C3)cc2Cl)c(OC)c1. The molecule has 0 amide bonds. The van der Waals surface area contributed by atoms with Crippen LogP contribution in [0.2, 0.25) is 10.0 Å². The molecule has 5 rings (SSSR count). The first-order valence-electron chi connectivity index (χ1n) is 15.8. The molecule has 1 fully saturated rings. The molecule has 1 aliphatic heterocycles. The summed E-state index contributed by atoms with van der Waals surface area (Å²) in [6.07, 6.45) is 0.941. The standard InChI is InChI=1S/C35H38Cl2F3N5O4S/c1-43(2)34(14-11-24-7-5-8-26(17-24)35(38,39)40)13-6-16-44(22-34)27-18-29(36)33(30(37)19-27)50(46,47)45(32-12-15-41-23-42-32)21-25-9-10-28(48-3)20-31(25)49-4/h5,7-10,12,15,17-20,23H,6,11,13-14,16,21-22H2,1-4H3/t34-/m0/s1. The number of anilines is 2. The van der Waals surface area contributed by atoms with Gasteiger partial charge in [-0.15, -0.1) is 0 Å². The Bertz CT molecular complexity index is 1900. The first kappa shape index (κ1) is 37.5. The van der Waals surface area contributed by atoms with Crippen LogP contribution in [0.15, 0.2) is 78.1 Å². The van der Waals surface area contributed by atoms with Crippen LogP contribution in [0.25, 0.3) is 0 Å². The summed E-state index contributed by atoms with van der Waals surface area (Å²) in [4.78, 5) is 12.1. The number of ether oxygens (including phenoxy) is 2. The van der Waals surface area contributed by atoms with Gasteiger partial charge in [0.2, 0.25) is 0 Å². The average Bonchev–Trinajstić information content (AvgIpc) is 3.09. The zero-order chi connectivity index (χ0) is 36.3. The first-order valence-corrected chi connectivity index (χ1v) is 18.0. The third-order valence-corrected chi connectivity index (χ3v) is 11.8. The molecule has 3 aromatic carbocycles. The van der Waals surface area contributed by atoms with E-state index in [1.807, 2.05) is 14.1 Å². The van der Waals surface area contributed by atoms with Crippen molar-refractivity contribution < 1.29 is 31.1 Å². The predicted octanol–water partition coefficient (Wildman–Crippen LogP) is 7.75. The van der Waals surface area contributed by atoms with E-state index in [4.69, 9.17) is 32.7 Å². The van der Waals surface area contributed by atoms with Gasteiger partial charge in [-0.2, -0.15) is 13.2 Å². The minimum atomic E-state index is -4.41. The summed E-state index contributed by atoms with van der Waals surface area (Å²) in [5, 5.41) is -0.142. The number of rotatable bonds is 12. The molecule has 268 valence electrons. The third kappa shape index (κ3) is 8.06. The summed E-state index contributed by atoms with van der Waals surface area (Å²) in [7, 11) is 2.52. The summed E-state index contributed by atoms with van der Waals surface area (Å²) in [5.74, 6) is 1.05. The van der Waals surface area contributed by atoms with Gasteiger partial charge < -0.3 is 19.3 Å². The summed E-state index contributed by atoms with van der Waals surface area (Å²) in [6, 6.07) is 15.1. The van der Waals surface area contributed by atoms with Crippen LogP contribution in [0.4, 0.5) is 24.7 Å². The Balaban J connectivity index is 1.45. The Morgan fingerprint density at radius 2 is 1.74 bits per heavy atom. The van der Waals surface area contributed by atoms with Gasteiger partial charge in [-0.05, 0) is 75.7 Å². The Morgan fingerprint density at radius 3 is 2.36 bits per heavy atom. The topological polar surface area (TPSA) is 88.1 Å². The summed E-state index contributed by atoms with van der Waals surface area (Å²) in [5.41, 5.74) is 0.739. The average molecular weight is 753 g/mol. The van der Waals surface area contributed by atoms with Crippen molar-refractivity contribution >= 4 is 44.7 Å². The zero-order valence-corrected chi connectivity index (χ0v) is 30.4. The molecular formula is C35H38Cl2F3N5O4S. The number of methoxy groups -OCH3 is 2. The maximum absolute atomic E-state index is 14.4. The van der Waals surface area contributed by atoms with Gasteiger partial charge in [-0.3, -0.25) is 0 Å². The molecular weight excluding hydrogens is 714 g/mol. The molecule has 0 saturated carbocycles. The van der Waals surface area contributed by atoms with Gasteiger partial charge in [-0.1, -0.05) is 41.4 Å². The van der Waals surface area contributed by atoms with Crippen molar-refractivity contribution in [1.82, 2.24) is 14.9 Å². The first-order chi connectivity index (χ1) is 23.7. The number of piperidine rings is 1. The van der Waals surface area contributed by atoms with E-state index in [0.29, 0.717) is 54.2 Å². The summed E-state index contributed by atoms with van der Waals surface area (Å²) >= 11 is 13.6. The van der Waals surface area contributed by atoms with Gasteiger partial charge >= 0.3 is 6.18 Å². The molecule has 1 aromatic heterocycles. The van der Waals surface area contributed by atoms with Gasteiger partial charge in [0.25, 0.3) is 10.0 Å². The molecule has 4 aromatic rings. The number of likely N-dealkylation sites (N-methyl/N-ethyl adjacent to an activating group) is 1. The molecule has 0 spiro atoms. The number of alkyl halides is 3. The van der Waals surface area contributed by atoms with Crippen molar-refractivity contribution in [3.63, 3.8) is 0 Å². The Morgan fingerprint density at radius 1 is 1.00 bits per heavy atom. The van der Waals surface area contributed by atoms with Crippen molar-refractivity contribution in [2.24, 2.45) is 0 Å². The van der Waals surface area contributed by atoms with Crippen LogP contribution in [0, 0.1) is 0 Å². The molecule has 1 saturated heterocycles. The van der Waals surface area contributed by atoms with Crippen LogP contribution in [0.5, 0.6) is 11.5 Å². The maximum atomic E-state index is 14.4. The molecule has 2 heterocycles.